The van der Waals surface area contributed by atoms with E-state index in [9.17, 15) is 5.11 Å². The van der Waals surface area contributed by atoms with Crippen molar-refractivity contribution in [3.05, 3.63) is 29.8 Å². The van der Waals surface area contributed by atoms with Gasteiger partial charge in [-0.1, -0.05) is 122 Å². The van der Waals surface area contributed by atoms with Crippen molar-refractivity contribution in [2.24, 2.45) is 0 Å². The van der Waals surface area contributed by atoms with Crippen LogP contribution in [0.25, 0.3) is 0 Å². The van der Waals surface area contributed by atoms with Gasteiger partial charge in [0, 0.05) is 5.56 Å². The monoisotopic (exact) mass is 374 g/mol. The second kappa shape index (κ2) is 15.0. The predicted octanol–water partition coefficient (Wildman–Crippen LogP) is 8.93. The van der Waals surface area contributed by atoms with Gasteiger partial charge in [0.05, 0.1) is 0 Å². The Kier molecular flexibility index (Phi) is 13.4. The molecule has 156 valence electrons. The molecule has 0 fully saturated rings. The number of para-hydroxylation sites is 1. The summed E-state index contributed by atoms with van der Waals surface area (Å²) in [6.07, 6.45) is 20.9. The lowest BCUT2D eigenvalue weighted by atomic mass is 9.69. The van der Waals surface area contributed by atoms with E-state index in [1.54, 1.807) is 0 Å². The third kappa shape index (κ3) is 9.17. The van der Waals surface area contributed by atoms with Crippen LogP contribution in [0.3, 0.4) is 0 Å². The molecule has 0 aliphatic rings. The molecular formula is C26H46O. The Hall–Kier alpha value is -0.980. The highest BCUT2D eigenvalue weighted by Crippen LogP contribution is 2.44. The molecule has 0 saturated heterocycles. The van der Waals surface area contributed by atoms with Crippen LogP contribution in [0.1, 0.15) is 129 Å². The lowest BCUT2D eigenvalue weighted by Crippen LogP contribution is -2.27. The number of hydrogen-bond acceptors (Lipinski definition) is 1. The topological polar surface area (TPSA) is 20.2 Å². The van der Waals surface area contributed by atoms with Crippen LogP contribution in [0, 0.1) is 0 Å². The number of unbranched alkanes of at least 4 members (excludes halogenated alkanes) is 10. The summed E-state index contributed by atoms with van der Waals surface area (Å²) in [4.78, 5) is 0. The van der Waals surface area contributed by atoms with Gasteiger partial charge in [0.2, 0.25) is 0 Å². The summed E-state index contributed by atoms with van der Waals surface area (Å²) in [5.41, 5.74) is 1.41. The molecular weight excluding hydrogens is 328 g/mol. The van der Waals surface area contributed by atoms with Gasteiger partial charge in [-0.05, 0) is 30.7 Å². The molecule has 0 unspecified atom stereocenters. The van der Waals surface area contributed by atoms with E-state index >= 15 is 0 Å². The maximum absolute atomic E-state index is 10.7. The molecule has 0 spiro atoms. The van der Waals surface area contributed by atoms with E-state index in [0.29, 0.717) is 5.75 Å². The average molecular weight is 375 g/mol. The van der Waals surface area contributed by atoms with Crippen LogP contribution in [-0.4, -0.2) is 5.11 Å². The molecule has 1 aromatic carbocycles. The minimum Gasteiger partial charge on any atom is -0.508 e. The number of hydrogen-bond donors (Lipinski definition) is 1. The van der Waals surface area contributed by atoms with E-state index in [-0.39, 0.29) is 5.41 Å². The van der Waals surface area contributed by atoms with Gasteiger partial charge < -0.3 is 5.11 Å². The minimum absolute atomic E-state index is 0.180. The Morgan fingerprint density at radius 3 is 1.44 bits per heavy atom. The van der Waals surface area contributed by atoms with Gasteiger partial charge in [-0.15, -0.1) is 0 Å². The van der Waals surface area contributed by atoms with E-state index in [1.165, 1.54) is 108 Å². The highest BCUT2D eigenvalue weighted by molar-refractivity contribution is 5.38. The minimum atomic E-state index is 0.180. The molecule has 0 atom stereocenters. The van der Waals surface area contributed by atoms with Crippen LogP contribution >= 0.6 is 0 Å². The SMILES string of the molecule is CCCCCCCC(CCCCCC)(CCCCCC)c1ccccc1O. The fraction of sp³-hybridized carbons (Fsp3) is 0.769. The summed E-state index contributed by atoms with van der Waals surface area (Å²) < 4.78 is 0. The molecule has 0 aliphatic heterocycles. The first kappa shape index (κ1) is 24.1. The maximum atomic E-state index is 10.7. The van der Waals surface area contributed by atoms with Crippen molar-refractivity contribution in [3.8, 4) is 5.75 Å². The molecule has 0 saturated carbocycles. The molecule has 1 N–H and O–H groups in total. The summed E-state index contributed by atoms with van der Waals surface area (Å²) in [6, 6.07) is 8.21. The maximum Gasteiger partial charge on any atom is 0.119 e. The average Bonchev–Trinajstić information content (AvgIpc) is 2.68. The Morgan fingerprint density at radius 1 is 0.593 bits per heavy atom. The summed E-state index contributed by atoms with van der Waals surface area (Å²) >= 11 is 0. The molecule has 1 rings (SSSR count). The Labute approximate surface area is 170 Å². The first-order valence-electron chi connectivity index (χ1n) is 12.0. The van der Waals surface area contributed by atoms with Gasteiger partial charge >= 0.3 is 0 Å². The number of rotatable bonds is 17. The number of phenolic OH excluding ortho intramolecular Hbond substituents is 1. The van der Waals surface area contributed by atoms with Crippen LogP contribution in [-0.2, 0) is 5.41 Å². The molecule has 1 aromatic rings. The molecule has 1 heteroatoms. The number of phenols is 1. The van der Waals surface area contributed by atoms with Crippen LogP contribution in [0.4, 0.5) is 0 Å². The lowest BCUT2D eigenvalue weighted by Gasteiger charge is -2.36. The van der Waals surface area contributed by atoms with Crippen molar-refractivity contribution >= 4 is 0 Å². The third-order valence-electron chi connectivity index (χ3n) is 6.25. The zero-order valence-electron chi connectivity index (χ0n) is 18.6. The predicted molar refractivity (Wildman–Crippen MR) is 121 cm³/mol. The van der Waals surface area contributed by atoms with Crippen molar-refractivity contribution < 1.29 is 5.11 Å². The van der Waals surface area contributed by atoms with Crippen LogP contribution < -0.4 is 0 Å². The second-order valence-corrected chi connectivity index (χ2v) is 8.58. The Balaban J connectivity index is 2.91. The van der Waals surface area contributed by atoms with Gasteiger partial charge in [-0.2, -0.15) is 0 Å². The van der Waals surface area contributed by atoms with Crippen molar-refractivity contribution in [1.29, 1.82) is 0 Å². The second-order valence-electron chi connectivity index (χ2n) is 8.58. The first-order chi connectivity index (χ1) is 13.2. The molecule has 27 heavy (non-hydrogen) atoms. The van der Waals surface area contributed by atoms with Crippen LogP contribution in [0.2, 0.25) is 0 Å². The zero-order valence-corrected chi connectivity index (χ0v) is 18.6. The fourth-order valence-corrected chi connectivity index (χ4v) is 4.55. The van der Waals surface area contributed by atoms with E-state index in [2.05, 4.69) is 32.9 Å². The third-order valence-corrected chi connectivity index (χ3v) is 6.25. The zero-order chi connectivity index (χ0) is 19.8. The van der Waals surface area contributed by atoms with E-state index in [4.69, 9.17) is 0 Å². The van der Waals surface area contributed by atoms with E-state index in [0.717, 1.165) is 0 Å². The lowest BCUT2D eigenvalue weighted by molar-refractivity contribution is 0.290. The highest BCUT2D eigenvalue weighted by Gasteiger charge is 2.32. The van der Waals surface area contributed by atoms with Gasteiger partial charge in [0.25, 0.3) is 0 Å². The summed E-state index contributed by atoms with van der Waals surface area (Å²) in [7, 11) is 0. The van der Waals surface area contributed by atoms with Gasteiger partial charge in [-0.25, -0.2) is 0 Å². The quantitative estimate of drug-likeness (QED) is 0.270. The molecule has 0 amide bonds. The van der Waals surface area contributed by atoms with Crippen molar-refractivity contribution in [2.45, 2.75) is 129 Å². The van der Waals surface area contributed by atoms with Crippen molar-refractivity contribution in [1.82, 2.24) is 0 Å². The Morgan fingerprint density at radius 2 is 1.00 bits per heavy atom. The highest BCUT2D eigenvalue weighted by atomic mass is 16.3. The van der Waals surface area contributed by atoms with E-state index in [1.807, 2.05) is 12.1 Å². The summed E-state index contributed by atoms with van der Waals surface area (Å²) in [5, 5.41) is 10.7. The van der Waals surface area contributed by atoms with Crippen molar-refractivity contribution in [2.75, 3.05) is 0 Å². The first-order valence-corrected chi connectivity index (χ1v) is 12.0. The normalized spacial score (nSPS) is 11.8. The molecule has 0 aromatic heterocycles. The molecule has 1 nitrogen and oxygen atoms in total. The fourth-order valence-electron chi connectivity index (χ4n) is 4.55. The van der Waals surface area contributed by atoms with Gasteiger partial charge in [0.1, 0.15) is 5.75 Å². The van der Waals surface area contributed by atoms with Gasteiger partial charge in [-0.3, -0.25) is 0 Å². The molecule has 0 heterocycles. The molecule has 0 radical (unpaired) electrons. The molecule has 0 aliphatic carbocycles. The summed E-state index contributed by atoms with van der Waals surface area (Å²) in [5.74, 6) is 0.525. The van der Waals surface area contributed by atoms with Gasteiger partial charge in [0.15, 0.2) is 0 Å². The number of benzene rings is 1. The number of aromatic hydroxyl groups is 1. The van der Waals surface area contributed by atoms with E-state index < -0.39 is 0 Å². The largest absolute Gasteiger partial charge is 0.508 e. The van der Waals surface area contributed by atoms with Crippen molar-refractivity contribution in [3.63, 3.8) is 0 Å². The van der Waals surface area contributed by atoms with Crippen LogP contribution in [0.5, 0.6) is 5.75 Å². The van der Waals surface area contributed by atoms with Crippen LogP contribution in [0.15, 0.2) is 24.3 Å². The smallest absolute Gasteiger partial charge is 0.119 e. The summed E-state index contributed by atoms with van der Waals surface area (Å²) in [6.45, 7) is 6.86. The molecule has 0 bridgehead atoms. The Bertz CT molecular complexity index is 453. The standard InChI is InChI=1S/C26H46O/c1-4-7-10-13-18-23-26(21-16-11-8-5-2,22-17-12-9-6-3)24-19-14-15-20-25(24)27/h14-15,19-20,27H,4-13,16-18,21-23H2,1-3H3.